The van der Waals surface area contributed by atoms with Crippen LogP contribution < -0.4 is 16.0 Å². The predicted octanol–water partition coefficient (Wildman–Crippen LogP) is 5.13. The van der Waals surface area contributed by atoms with Crippen LogP contribution in [0, 0.1) is 0 Å². The quantitative estimate of drug-likeness (QED) is 0.267. The molecule has 4 heterocycles. The Kier molecular flexibility index (Phi) is 6.19. The molecule has 6 nitrogen and oxygen atoms in total. The molecule has 200 valence electrons. The van der Waals surface area contributed by atoms with Gasteiger partial charge < -0.3 is 25.1 Å². The van der Waals surface area contributed by atoms with Crippen LogP contribution >= 0.6 is 0 Å². The Balaban J connectivity index is 1.33. The van der Waals surface area contributed by atoms with Crippen LogP contribution in [0.3, 0.4) is 0 Å². The van der Waals surface area contributed by atoms with Gasteiger partial charge in [-0.2, -0.15) is 0 Å². The normalized spacial score (nSPS) is 20.5. The van der Waals surface area contributed by atoms with Gasteiger partial charge in [-0.1, -0.05) is 48.5 Å². The smallest absolute Gasteiger partial charge is 0.0883 e. The molecular weight excluding hydrogens is 480 g/mol. The van der Waals surface area contributed by atoms with Gasteiger partial charge in [0.25, 0.3) is 0 Å². The van der Waals surface area contributed by atoms with Crippen LogP contribution in [0.15, 0.2) is 79.1 Å². The second-order valence-corrected chi connectivity index (χ2v) is 11.2. The molecule has 0 aliphatic carbocycles. The van der Waals surface area contributed by atoms with Crippen molar-refractivity contribution in [1.82, 2.24) is 24.7 Å². The Morgan fingerprint density at radius 2 is 1.46 bits per heavy atom. The number of para-hydroxylation sites is 3. The van der Waals surface area contributed by atoms with Gasteiger partial charge in [0.2, 0.25) is 0 Å². The predicted molar refractivity (Wildman–Crippen MR) is 162 cm³/mol. The Morgan fingerprint density at radius 1 is 0.795 bits per heavy atom. The zero-order valence-electron chi connectivity index (χ0n) is 23.1. The van der Waals surface area contributed by atoms with Crippen LogP contribution in [-0.2, 0) is 12.8 Å². The van der Waals surface area contributed by atoms with Gasteiger partial charge in [-0.15, -0.1) is 0 Å². The highest BCUT2D eigenvalue weighted by molar-refractivity contribution is 5.88. The molecule has 7 rings (SSSR count). The molecule has 1 saturated heterocycles. The number of nitrogens with one attached hydrogen (secondary N) is 3. The summed E-state index contributed by atoms with van der Waals surface area (Å²) in [7, 11) is 6.33. The highest BCUT2D eigenvalue weighted by Crippen LogP contribution is 2.51. The first-order valence-corrected chi connectivity index (χ1v) is 14.3. The summed E-state index contributed by atoms with van der Waals surface area (Å²) in [6, 6.07) is 25.0. The molecule has 5 aromatic rings. The summed E-state index contributed by atoms with van der Waals surface area (Å²) in [5, 5.41) is 13.4. The molecule has 0 amide bonds. The van der Waals surface area contributed by atoms with Crippen LogP contribution in [-0.4, -0.2) is 61.0 Å². The van der Waals surface area contributed by atoms with Gasteiger partial charge in [-0.3, -0.25) is 4.90 Å². The molecule has 0 bridgehead atoms. The van der Waals surface area contributed by atoms with Crippen LogP contribution in [0.5, 0.6) is 0 Å². The molecule has 3 atom stereocenters. The number of anilines is 1. The third-order valence-electron chi connectivity index (χ3n) is 8.95. The van der Waals surface area contributed by atoms with Crippen molar-refractivity contribution in [3.05, 3.63) is 95.8 Å². The molecule has 3 N–H and O–H groups in total. The van der Waals surface area contributed by atoms with Crippen molar-refractivity contribution < 1.29 is 0 Å². The number of benzene rings is 3. The van der Waals surface area contributed by atoms with Crippen molar-refractivity contribution >= 4 is 27.5 Å². The molecule has 3 aromatic carbocycles. The van der Waals surface area contributed by atoms with E-state index in [1.165, 1.54) is 49.9 Å². The zero-order chi connectivity index (χ0) is 26.5. The number of nitrogens with zero attached hydrogens (tertiary/aromatic N) is 3. The fraction of sp³-hybridized carbons (Fsp3) is 0.333. The highest BCUT2D eigenvalue weighted by Gasteiger charge is 2.47. The number of aromatic nitrogens is 2. The van der Waals surface area contributed by atoms with E-state index in [4.69, 9.17) is 0 Å². The van der Waals surface area contributed by atoms with Crippen molar-refractivity contribution in [3.8, 4) is 5.69 Å². The summed E-state index contributed by atoms with van der Waals surface area (Å²) in [5.74, 6) is 0.378. The molecular formula is C33H38N6. The number of hydrogen-bond donors (Lipinski definition) is 3. The minimum atomic E-state index is 0.277. The van der Waals surface area contributed by atoms with Crippen molar-refractivity contribution in [2.24, 2.45) is 0 Å². The monoisotopic (exact) mass is 518 g/mol. The van der Waals surface area contributed by atoms with E-state index in [1.54, 1.807) is 0 Å². The second kappa shape index (κ2) is 9.87. The minimum Gasteiger partial charge on any atom is -0.367 e. The Labute approximate surface area is 230 Å². The summed E-state index contributed by atoms with van der Waals surface area (Å²) >= 11 is 0. The molecule has 2 aliphatic rings. The number of fused-ring (bicyclic) bond motifs is 5. The number of hydrogen-bond acceptors (Lipinski definition) is 4. The molecule has 0 saturated carbocycles. The van der Waals surface area contributed by atoms with Gasteiger partial charge in [0.15, 0.2) is 0 Å². The van der Waals surface area contributed by atoms with E-state index in [1.807, 2.05) is 14.1 Å². The molecule has 0 radical (unpaired) electrons. The lowest BCUT2D eigenvalue weighted by Gasteiger charge is -2.21. The number of likely N-dealkylation sites (N-methyl/N-ethyl adjacent to an activating group) is 3. The lowest BCUT2D eigenvalue weighted by Crippen LogP contribution is -2.31. The lowest BCUT2D eigenvalue weighted by molar-refractivity contribution is 0.331. The first kappa shape index (κ1) is 24.5. The molecule has 2 aliphatic heterocycles. The fourth-order valence-corrected chi connectivity index (χ4v) is 7.11. The average molecular weight is 519 g/mol. The Hall–Kier alpha value is -3.58. The summed E-state index contributed by atoms with van der Waals surface area (Å²) in [6.07, 6.45) is 7.11. The van der Waals surface area contributed by atoms with E-state index >= 15 is 0 Å². The Morgan fingerprint density at radius 3 is 2.21 bits per heavy atom. The van der Waals surface area contributed by atoms with E-state index in [0.29, 0.717) is 12.0 Å². The Bertz CT molecular complexity index is 1650. The van der Waals surface area contributed by atoms with Crippen molar-refractivity contribution in [2.45, 2.75) is 31.0 Å². The third-order valence-corrected chi connectivity index (χ3v) is 8.95. The number of rotatable bonds is 8. The first-order chi connectivity index (χ1) is 19.2. The van der Waals surface area contributed by atoms with Crippen LogP contribution in [0.2, 0.25) is 0 Å². The van der Waals surface area contributed by atoms with Gasteiger partial charge in [-0.25, -0.2) is 0 Å². The van der Waals surface area contributed by atoms with Crippen molar-refractivity contribution in [1.29, 1.82) is 0 Å². The van der Waals surface area contributed by atoms with Crippen molar-refractivity contribution in [3.63, 3.8) is 0 Å². The van der Waals surface area contributed by atoms with E-state index < -0.39 is 0 Å². The molecule has 0 spiro atoms. The third kappa shape index (κ3) is 3.89. The molecule has 1 fully saturated rings. The first-order valence-electron chi connectivity index (χ1n) is 14.3. The summed E-state index contributed by atoms with van der Waals surface area (Å²) in [4.78, 5) is 2.51. The van der Waals surface area contributed by atoms with E-state index in [-0.39, 0.29) is 6.17 Å². The van der Waals surface area contributed by atoms with E-state index in [2.05, 4.69) is 116 Å². The maximum absolute atomic E-state index is 3.99. The minimum absolute atomic E-state index is 0.277. The number of likely N-dealkylation sites (tertiary alicyclic amines) is 1. The lowest BCUT2D eigenvalue weighted by atomic mass is 9.93. The van der Waals surface area contributed by atoms with Crippen LogP contribution in [0.1, 0.15) is 28.7 Å². The second-order valence-electron chi connectivity index (χ2n) is 11.2. The fourth-order valence-electron chi connectivity index (χ4n) is 7.11. The summed E-state index contributed by atoms with van der Waals surface area (Å²) in [5.41, 5.74) is 9.38. The maximum atomic E-state index is 3.99. The summed E-state index contributed by atoms with van der Waals surface area (Å²) in [6.45, 7) is 2.98. The van der Waals surface area contributed by atoms with Crippen LogP contribution in [0.25, 0.3) is 27.5 Å². The van der Waals surface area contributed by atoms with Gasteiger partial charge >= 0.3 is 0 Å². The molecule has 2 aromatic heterocycles. The standard InChI is InChI=1S/C33H38N6/c1-34-17-15-22-19-38(27-12-6-4-9-24(22)27)29-14-8-11-26-31-30(21-37(3)33(31)36-32(26)29)39-20-23(16-18-35-2)25-10-5-7-13-28(25)39/h4-14,19-20,30-31,33-36H,15-18,21H2,1-3H3/t30-,31?,33-/m1/s1. The molecule has 39 heavy (non-hydrogen) atoms. The SMILES string of the molecule is CNCCc1cn(-c2cccc3c2N[C@H]2C3[C@H](n3cc(CCNC)c4ccccc43)CN2C)c2ccccc12. The van der Waals surface area contributed by atoms with E-state index in [9.17, 15) is 0 Å². The van der Waals surface area contributed by atoms with Gasteiger partial charge in [0, 0.05) is 41.1 Å². The highest BCUT2D eigenvalue weighted by atomic mass is 15.3. The van der Waals surface area contributed by atoms with Gasteiger partial charge in [-0.05, 0) is 82.0 Å². The van der Waals surface area contributed by atoms with Crippen LogP contribution in [0.4, 0.5) is 5.69 Å². The molecule has 6 heteroatoms. The van der Waals surface area contributed by atoms with Crippen molar-refractivity contribution in [2.75, 3.05) is 46.1 Å². The van der Waals surface area contributed by atoms with Gasteiger partial charge in [0.05, 0.1) is 29.1 Å². The van der Waals surface area contributed by atoms with Gasteiger partial charge in [0.1, 0.15) is 0 Å². The topological polar surface area (TPSA) is 49.2 Å². The largest absolute Gasteiger partial charge is 0.367 e. The maximum Gasteiger partial charge on any atom is 0.0883 e. The summed E-state index contributed by atoms with van der Waals surface area (Å²) < 4.78 is 4.98. The average Bonchev–Trinajstić information content (AvgIpc) is 3.71. The van der Waals surface area contributed by atoms with E-state index in [0.717, 1.165) is 32.5 Å². The molecule has 1 unspecified atom stereocenters. The zero-order valence-corrected chi connectivity index (χ0v) is 23.1.